The van der Waals surface area contributed by atoms with Gasteiger partial charge in [-0.2, -0.15) is 0 Å². The van der Waals surface area contributed by atoms with Crippen molar-refractivity contribution in [2.75, 3.05) is 26.3 Å². The smallest absolute Gasteiger partial charge is 0.255 e. The Kier molecular flexibility index (Phi) is 5.12. The summed E-state index contributed by atoms with van der Waals surface area (Å²) in [5.41, 5.74) is 5.61. The minimum atomic E-state index is -0.539. The first kappa shape index (κ1) is 16.5. The van der Waals surface area contributed by atoms with Crippen molar-refractivity contribution in [3.05, 3.63) is 52.2 Å². The predicted octanol–water partition coefficient (Wildman–Crippen LogP) is 1.83. The molecule has 2 N–H and O–H groups in total. The van der Waals surface area contributed by atoms with Gasteiger partial charge in [-0.25, -0.2) is 0 Å². The summed E-state index contributed by atoms with van der Waals surface area (Å²) in [6.07, 6.45) is -0.0686. The fourth-order valence-corrected chi connectivity index (χ4v) is 3.28. The molecule has 1 aromatic carbocycles. The molecular formula is C17H18N2O4S. The monoisotopic (exact) mass is 346 g/mol. The highest BCUT2D eigenvalue weighted by Gasteiger charge is 2.26. The second-order valence-corrected chi connectivity index (χ2v) is 6.38. The Morgan fingerprint density at radius 1 is 1.29 bits per heavy atom. The molecule has 6 nitrogen and oxygen atoms in total. The molecule has 0 saturated carbocycles. The van der Waals surface area contributed by atoms with Crippen LogP contribution in [0.15, 0.2) is 41.8 Å². The van der Waals surface area contributed by atoms with Crippen LogP contribution in [-0.2, 0) is 9.53 Å². The lowest BCUT2D eigenvalue weighted by atomic mass is 10.1. The van der Waals surface area contributed by atoms with Gasteiger partial charge in [0.2, 0.25) is 0 Å². The van der Waals surface area contributed by atoms with Gasteiger partial charge < -0.3 is 20.1 Å². The summed E-state index contributed by atoms with van der Waals surface area (Å²) >= 11 is 1.63. The van der Waals surface area contributed by atoms with Crippen LogP contribution >= 0.6 is 11.3 Å². The number of thiophene rings is 1. The van der Waals surface area contributed by atoms with Crippen molar-refractivity contribution >= 4 is 23.2 Å². The zero-order valence-electron chi connectivity index (χ0n) is 13.0. The van der Waals surface area contributed by atoms with E-state index in [2.05, 4.69) is 0 Å². The van der Waals surface area contributed by atoms with Gasteiger partial charge in [-0.05, 0) is 35.7 Å². The molecule has 24 heavy (non-hydrogen) atoms. The van der Waals surface area contributed by atoms with Crippen LogP contribution in [-0.4, -0.2) is 43.0 Å². The molecule has 7 heteroatoms. The van der Waals surface area contributed by atoms with Gasteiger partial charge in [0, 0.05) is 17.0 Å². The Labute approximate surface area is 143 Å². The standard InChI is InChI=1S/C17H18N2O4S/c18-16(20)11-23-13-5-3-12(4-6-13)17(21)19-7-8-22-14(10-19)15-2-1-9-24-15/h1-6,9,14H,7-8,10-11H2,(H2,18,20). The van der Waals surface area contributed by atoms with E-state index in [9.17, 15) is 9.59 Å². The minimum Gasteiger partial charge on any atom is -0.484 e. The molecule has 0 spiro atoms. The fraction of sp³-hybridized carbons (Fsp3) is 0.294. The number of ether oxygens (including phenoxy) is 2. The minimum absolute atomic E-state index is 0.0405. The molecule has 1 aliphatic heterocycles. The van der Waals surface area contributed by atoms with E-state index in [0.717, 1.165) is 4.88 Å². The average Bonchev–Trinajstić information content (AvgIpc) is 3.14. The number of hydrogen-bond acceptors (Lipinski definition) is 5. The van der Waals surface area contributed by atoms with Crippen LogP contribution in [0, 0.1) is 0 Å². The van der Waals surface area contributed by atoms with Crippen LogP contribution in [0.3, 0.4) is 0 Å². The third-order valence-electron chi connectivity index (χ3n) is 3.70. The van der Waals surface area contributed by atoms with E-state index in [1.807, 2.05) is 17.5 Å². The maximum atomic E-state index is 12.7. The molecule has 2 aromatic rings. The summed E-state index contributed by atoms with van der Waals surface area (Å²) in [4.78, 5) is 26.3. The van der Waals surface area contributed by atoms with Gasteiger partial charge in [0.05, 0.1) is 13.2 Å². The van der Waals surface area contributed by atoms with E-state index in [0.29, 0.717) is 31.0 Å². The summed E-state index contributed by atoms with van der Waals surface area (Å²) < 4.78 is 11.0. The molecule has 1 saturated heterocycles. The van der Waals surface area contributed by atoms with E-state index >= 15 is 0 Å². The third-order valence-corrected chi connectivity index (χ3v) is 4.66. The summed E-state index contributed by atoms with van der Waals surface area (Å²) in [5, 5.41) is 2.00. The molecule has 0 aliphatic carbocycles. The van der Waals surface area contributed by atoms with Gasteiger partial charge in [-0.1, -0.05) is 6.07 Å². The Hall–Kier alpha value is -2.38. The molecule has 1 fully saturated rings. The molecule has 1 unspecified atom stereocenters. The first-order valence-corrected chi connectivity index (χ1v) is 8.47. The number of carbonyl (C=O) groups excluding carboxylic acids is 2. The fourth-order valence-electron chi connectivity index (χ4n) is 2.51. The van der Waals surface area contributed by atoms with Crippen LogP contribution in [0.5, 0.6) is 5.75 Å². The van der Waals surface area contributed by atoms with Crippen LogP contribution in [0.4, 0.5) is 0 Å². The van der Waals surface area contributed by atoms with Crippen molar-refractivity contribution in [3.8, 4) is 5.75 Å². The number of nitrogens with zero attached hydrogens (tertiary/aromatic N) is 1. The SMILES string of the molecule is NC(=O)COc1ccc(C(=O)N2CCOC(c3cccs3)C2)cc1. The van der Waals surface area contributed by atoms with Gasteiger partial charge in [0.1, 0.15) is 11.9 Å². The van der Waals surface area contributed by atoms with E-state index in [1.54, 1.807) is 40.5 Å². The Bertz CT molecular complexity index is 700. The average molecular weight is 346 g/mol. The van der Waals surface area contributed by atoms with E-state index < -0.39 is 5.91 Å². The van der Waals surface area contributed by atoms with Gasteiger partial charge in [0.25, 0.3) is 11.8 Å². The largest absolute Gasteiger partial charge is 0.484 e. The van der Waals surface area contributed by atoms with Crippen molar-refractivity contribution in [2.45, 2.75) is 6.10 Å². The van der Waals surface area contributed by atoms with Crippen LogP contribution in [0.25, 0.3) is 0 Å². The Morgan fingerprint density at radius 3 is 2.75 bits per heavy atom. The molecule has 0 bridgehead atoms. The number of rotatable bonds is 5. The van der Waals surface area contributed by atoms with E-state index in [1.165, 1.54) is 0 Å². The molecule has 2 amide bonds. The van der Waals surface area contributed by atoms with Crippen molar-refractivity contribution in [2.24, 2.45) is 5.73 Å². The molecule has 1 atom stereocenters. The second kappa shape index (κ2) is 7.46. The number of nitrogens with two attached hydrogens (primary N) is 1. The highest BCUT2D eigenvalue weighted by atomic mass is 32.1. The number of primary amides is 1. The van der Waals surface area contributed by atoms with E-state index in [-0.39, 0.29) is 18.6 Å². The number of benzene rings is 1. The predicted molar refractivity (Wildman–Crippen MR) is 90.0 cm³/mol. The lowest BCUT2D eigenvalue weighted by Gasteiger charge is -2.32. The zero-order valence-corrected chi connectivity index (χ0v) is 13.8. The number of carbonyl (C=O) groups is 2. The van der Waals surface area contributed by atoms with Crippen molar-refractivity contribution < 1.29 is 19.1 Å². The van der Waals surface area contributed by atoms with Crippen LogP contribution in [0.2, 0.25) is 0 Å². The second-order valence-electron chi connectivity index (χ2n) is 5.41. The Morgan fingerprint density at radius 2 is 2.08 bits per heavy atom. The van der Waals surface area contributed by atoms with Gasteiger partial charge in [0.15, 0.2) is 6.61 Å². The summed E-state index contributed by atoms with van der Waals surface area (Å²) in [7, 11) is 0. The lowest BCUT2D eigenvalue weighted by molar-refractivity contribution is -0.119. The summed E-state index contributed by atoms with van der Waals surface area (Å²) in [6, 6.07) is 10.7. The molecule has 0 radical (unpaired) electrons. The maximum Gasteiger partial charge on any atom is 0.255 e. The number of amides is 2. The van der Waals surface area contributed by atoms with Gasteiger partial charge in [-0.3, -0.25) is 9.59 Å². The van der Waals surface area contributed by atoms with E-state index in [4.69, 9.17) is 15.2 Å². The quantitative estimate of drug-likeness (QED) is 0.895. The molecule has 2 heterocycles. The van der Waals surface area contributed by atoms with Crippen molar-refractivity contribution in [3.63, 3.8) is 0 Å². The molecular weight excluding hydrogens is 328 g/mol. The van der Waals surface area contributed by atoms with Gasteiger partial charge in [-0.15, -0.1) is 11.3 Å². The van der Waals surface area contributed by atoms with Crippen LogP contribution in [0.1, 0.15) is 21.3 Å². The normalized spacial score (nSPS) is 17.5. The maximum absolute atomic E-state index is 12.7. The highest BCUT2D eigenvalue weighted by Crippen LogP contribution is 2.27. The molecule has 126 valence electrons. The Balaban J connectivity index is 1.64. The molecule has 1 aromatic heterocycles. The zero-order chi connectivity index (χ0) is 16.9. The number of morpholine rings is 1. The van der Waals surface area contributed by atoms with Gasteiger partial charge >= 0.3 is 0 Å². The first-order valence-electron chi connectivity index (χ1n) is 7.59. The highest BCUT2D eigenvalue weighted by molar-refractivity contribution is 7.10. The van der Waals surface area contributed by atoms with Crippen LogP contribution < -0.4 is 10.5 Å². The first-order chi connectivity index (χ1) is 11.6. The molecule has 3 rings (SSSR count). The van der Waals surface area contributed by atoms with Crippen molar-refractivity contribution in [1.29, 1.82) is 0 Å². The molecule has 1 aliphatic rings. The lowest BCUT2D eigenvalue weighted by Crippen LogP contribution is -2.42. The third kappa shape index (κ3) is 3.93. The number of hydrogen-bond donors (Lipinski definition) is 1. The summed E-state index contributed by atoms with van der Waals surface area (Å²) in [6.45, 7) is 1.45. The topological polar surface area (TPSA) is 81.9 Å². The summed E-state index contributed by atoms with van der Waals surface area (Å²) in [5.74, 6) is -0.0758. The van der Waals surface area contributed by atoms with Crippen molar-refractivity contribution in [1.82, 2.24) is 4.90 Å².